The van der Waals surface area contributed by atoms with Crippen molar-refractivity contribution in [2.75, 3.05) is 11.9 Å². The molecule has 2 aliphatic rings. The number of ether oxygens (including phenoxy) is 1. The predicted molar refractivity (Wildman–Crippen MR) is 103 cm³/mol. The highest BCUT2D eigenvalue weighted by Gasteiger charge is 2.51. The number of amides is 3. The lowest BCUT2D eigenvalue weighted by Crippen LogP contribution is -2.45. The number of hydrogen-bond acceptors (Lipinski definition) is 5. The molecule has 28 heavy (non-hydrogen) atoms. The second-order valence-corrected chi connectivity index (χ2v) is 7.77. The average molecular weight is 407 g/mol. The maximum atomic E-state index is 12.6. The molecule has 1 heterocycles. The lowest BCUT2D eigenvalue weighted by molar-refractivity contribution is -0.159. The van der Waals surface area contributed by atoms with Gasteiger partial charge in [-0.2, -0.15) is 0 Å². The van der Waals surface area contributed by atoms with Gasteiger partial charge in [0.1, 0.15) is 6.04 Å². The zero-order valence-electron chi connectivity index (χ0n) is 15.9. The summed E-state index contributed by atoms with van der Waals surface area (Å²) in [5, 5.41) is 3.10. The number of fused-ring (bicyclic) bond motifs is 1. The van der Waals surface area contributed by atoms with E-state index in [0.717, 1.165) is 23.3 Å². The zero-order valence-corrected chi connectivity index (χ0v) is 16.6. The number of halogens is 1. The van der Waals surface area contributed by atoms with E-state index in [0.29, 0.717) is 23.6 Å². The molecule has 2 fully saturated rings. The molecule has 1 aliphatic carbocycles. The number of nitrogens with zero attached hydrogens (tertiary/aromatic N) is 1. The third-order valence-electron chi connectivity index (χ3n) is 5.42. The molecule has 3 atom stereocenters. The minimum atomic E-state index is -1.05. The third kappa shape index (κ3) is 4.04. The molecule has 3 amide bonds. The van der Waals surface area contributed by atoms with Crippen LogP contribution in [-0.4, -0.2) is 41.2 Å². The van der Waals surface area contributed by atoms with Gasteiger partial charge < -0.3 is 10.1 Å². The van der Waals surface area contributed by atoms with E-state index < -0.39 is 24.5 Å². The molecule has 8 heteroatoms. The minimum Gasteiger partial charge on any atom is -0.454 e. The van der Waals surface area contributed by atoms with Gasteiger partial charge in [-0.3, -0.25) is 19.3 Å². The van der Waals surface area contributed by atoms with Gasteiger partial charge in [-0.25, -0.2) is 4.79 Å². The maximum absolute atomic E-state index is 12.6. The van der Waals surface area contributed by atoms with Crippen LogP contribution in [0.2, 0.25) is 5.02 Å². The van der Waals surface area contributed by atoms with Gasteiger partial charge in [0.15, 0.2) is 6.61 Å². The molecule has 3 rings (SSSR count). The van der Waals surface area contributed by atoms with Crippen molar-refractivity contribution < 1.29 is 23.9 Å². The number of aryl methyl sites for hydroxylation is 1. The molecule has 150 valence electrons. The SMILES string of the molecule is Cc1ccc(Cl)cc1NC(=O)COC(=O)[C@H](C)N1C(=O)[C@@H]2CCCC[C@H]2C1=O. The van der Waals surface area contributed by atoms with Crippen molar-refractivity contribution in [3.05, 3.63) is 28.8 Å². The van der Waals surface area contributed by atoms with E-state index in [1.165, 1.54) is 6.92 Å². The number of benzene rings is 1. The standard InChI is InChI=1S/C20H23ClN2O5/c1-11-7-8-13(21)9-16(11)22-17(24)10-28-20(27)12(2)23-18(25)14-5-3-4-6-15(14)19(23)26/h7-9,12,14-15H,3-6,10H2,1-2H3,(H,22,24)/t12-,14+,15+/m0/s1. The first-order valence-electron chi connectivity index (χ1n) is 9.39. The first-order chi connectivity index (χ1) is 13.3. The quantitative estimate of drug-likeness (QED) is 0.599. The van der Waals surface area contributed by atoms with Crippen molar-refractivity contribution in [1.82, 2.24) is 4.90 Å². The Kier molecular flexibility index (Phi) is 6.03. The van der Waals surface area contributed by atoms with E-state index in [9.17, 15) is 19.2 Å². The fourth-order valence-electron chi connectivity index (χ4n) is 3.85. The van der Waals surface area contributed by atoms with Crippen LogP contribution in [0.4, 0.5) is 5.69 Å². The number of anilines is 1. The Bertz CT molecular complexity index is 801. The number of carbonyl (C=O) groups is 4. The van der Waals surface area contributed by atoms with Gasteiger partial charge in [0.05, 0.1) is 11.8 Å². The number of esters is 1. The van der Waals surface area contributed by atoms with Crippen molar-refractivity contribution >= 4 is 41.0 Å². The third-order valence-corrected chi connectivity index (χ3v) is 5.66. The molecule has 1 aromatic carbocycles. The van der Waals surface area contributed by atoms with Crippen LogP contribution in [0.25, 0.3) is 0 Å². The summed E-state index contributed by atoms with van der Waals surface area (Å²) in [7, 11) is 0. The van der Waals surface area contributed by atoms with E-state index >= 15 is 0 Å². The van der Waals surface area contributed by atoms with Crippen molar-refractivity contribution in [2.45, 2.75) is 45.6 Å². The van der Waals surface area contributed by atoms with Crippen molar-refractivity contribution in [2.24, 2.45) is 11.8 Å². The lowest BCUT2D eigenvalue weighted by Gasteiger charge is -2.21. The van der Waals surface area contributed by atoms with Gasteiger partial charge in [-0.15, -0.1) is 0 Å². The summed E-state index contributed by atoms with van der Waals surface area (Å²) < 4.78 is 5.04. The molecule has 1 aliphatic heterocycles. The highest BCUT2D eigenvalue weighted by atomic mass is 35.5. The maximum Gasteiger partial charge on any atom is 0.329 e. The van der Waals surface area contributed by atoms with Crippen LogP contribution in [0.1, 0.15) is 38.2 Å². The van der Waals surface area contributed by atoms with Crippen molar-refractivity contribution in [3.63, 3.8) is 0 Å². The second kappa shape index (κ2) is 8.31. The first kappa shape index (κ1) is 20.3. The van der Waals surface area contributed by atoms with Gasteiger partial charge in [0, 0.05) is 10.7 Å². The Morgan fingerprint density at radius 3 is 2.43 bits per heavy atom. The fraction of sp³-hybridized carbons (Fsp3) is 0.500. The number of likely N-dealkylation sites (tertiary alicyclic amines) is 1. The highest BCUT2D eigenvalue weighted by Crippen LogP contribution is 2.38. The second-order valence-electron chi connectivity index (χ2n) is 7.34. The van der Waals surface area contributed by atoms with Gasteiger partial charge in [-0.05, 0) is 44.4 Å². The first-order valence-corrected chi connectivity index (χ1v) is 9.77. The van der Waals surface area contributed by atoms with E-state index in [1.807, 2.05) is 6.92 Å². The Labute approximate surface area is 168 Å². The molecule has 1 saturated heterocycles. The lowest BCUT2D eigenvalue weighted by atomic mass is 9.81. The van der Waals surface area contributed by atoms with Gasteiger partial charge in [-0.1, -0.05) is 30.5 Å². The molecular weight excluding hydrogens is 384 g/mol. The van der Waals surface area contributed by atoms with Crippen LogP contribution in [0.5, 0.6) is 0 Å². The van der Waals surface area contributed by atoms with E-state index in [4.69, 9.17) is 16.3 Å². The van der Waals surface area contributed by atoms with Crippen molar-refractivity contribution in [1.29, 1.82) is 0 Å². The zero-order chi connectivity index (χ0) is 20.4. The van der Waals surface area contributed by atoms with Gasteiger partial charge in [0.2, 0.25) is 11.8 Å². The average Bonchev–Trinajstić information content (AvgIpc) is 2.93. The van der Waals surface area contributed by atoms with Gasteiger partial charge >= 0.3 is 5.97 Å². The topological polar surface area (TPSA) is 92.8 Å². The number of rotatable bonds is 5. The van der Waals surface area contributed by atoms with Crippen LogP contribution < -0.4 is 5.32 Å². The smallest absolute Gasteiger partial charge is 0.329 e. The van der Waals surface area contributed by atoms with E-state index in [-0.39, 0.29) is 23.7 Å². The number of imide groups is 1. The predicted octanol–water partition coefficient (Wildman–Crippen LogP) is 2.69. The molecule has 1 aromatic rings. The summed E-state index contributed by atoms with van der Waals surface area (Å²) in [5.41, 5.74) is 1.34. The summed E-state index contributed by atoms with van der Waals surface area (Å²) in [5.74, 6) is -2.58. The molecule has 0 bridgehead atoms. The molecule has 0 aromatic heterocycles. The van der Waals surface area contributed by atoms with Crippen LogP contribution in [0.3, 0.4) is 0 Å². The Morgan fingerprint density at radius 1 is 1.21 bits per heavy atom. The van der Waals surface area contributed by atoms with Crippen LogP contribution in [0, 0.1) is 18.8 Å². The largest absolute Gasteiger partial charge is 0.454 e. The summed E-state index contributed by atoms with van der Waals surface area (Å²) in [4.78, 5) is 50.5. The van der Waals surface area contributed by atoms with Crippen molar-refractivity contribution in [3.8, 4) is 0 Å². The summed E-state index contributed by atoms with van der Waals surface area (Å²) >= 11 is 5.92. The number of hydrogen-bond donors (Lipinski definition) is 1. The molecule has 1 N–H and O–H groups in total. The summed E-state index contributed by atoms with van der Waals surface area (Å²) in [6.07, 6.45) is 3.18. The number of carbonyl (C=O) groups excluding carboxylic acids is 4. The minimum absolute atomic E-state index is 0.307. The molecule has 0 radical (unpaired) electrons. The molecular formula is C20H23ClN2O5. The Morgan fingerprint density at radius 2 is 1.82 bits per heavy atom. The summed E-state index contributed by atoms with van der Waals surface area (Å²) in [6, 6.07) is 4.01. The Balaban J connectivity index is 1.57. The Hall–Kier alpha value is -2.41. The van der Waals surface area contributed by atoms with Crippen LogP contribution in [0.15, 0.2) is 18.2 Å². The van der Waals surface area contributed by atoms with Crippen LogP contribution in [-0.2, 0) is 23.9 Å². The molecule has 0 unspecified atom stereocenters. The number of nitrogens with one attached hydrogen (secondary N) is 1. The molecule has 7 nitrogen and oxygen atoms in total. The van der Waals surface area contributed by atoms with Crippen LogP contribution >= 0.6 is 11.6 Å². The van der Waals surface area contributed by atoms with E-state index in [1.54, 1.807) is 18.2 Å². The van der Waals surface area contributed by atoms with E-state index in [2.05, 4.69) is 5.32 Å². The fourth-order valence-corrected chi connectivity index (χ4v) is 4.02. The van der Waals surface area contributed by atoms with Gasteiger partial charge in [0.25, 0.3) is 5.91 Å². The normalized spacial score (nSPS) is 22.6. The molecule has 1 saturated carbocycles. The monoisotopic (exact) mass is 406 g/mol. The summed E-state index contributed by atoms with van der Waals surface area (Å²) in [6.45, 7) is 2.75. The highest BCUT2D eigenvalue weighted by molar-refractivity contribution is 6.31. The molecule has 0 spiro atoms.